The number of aromatic amines is 1. The first kappa shape index (κ1) is 42.3. The number of likely N-dealkylation sites (N-methyl/N-ethyl adjacent to an activating group) is 1. The van der Waals surface area contributed by atoms with Crippen molar-refractivity contribution in [1.82, 2.24) is 25.4 Å². The number of hydrogen-bond donors (Lipinski definition) is 2. The zero-order chi connectivity index (χ0) is 42.4. The topological polar surface area (TPSA) is 125 Å². The highest BCUT2D eigenvalue weighted by atomic mass is 16.2. The molecule has 0 spiro atoms. The van der Waals surface area contributed by atoms with E-state index in [-0.39, 0.29) is 23.8 Å². The molecule has 0 saturated carbocycles. The molecule has 0 bridgehead atoms. The Morgan fingerprint density at radius 2 is 1.57 bits per heavy atom. The van der Waals surface area contributed by atoms with Crippen molar-refractivity contribution in [2.75, 3.05) is 81.2 Å². The molecule has 3 aromatic carbocycles. The standard InChI is InChI=1S/C48H60N10O2/c1-33-26-37(10-17-42(33)34(2)28-52-47(50-7)48(3,4)5)45-43-27-38(29-51-46(43)54-53-45)36-8-11-39(12-9-36)57-24-22-55(23-25-57)30-35-18-20-56(21-19-35)40-13-15-41(16-14-40)58(32-59)31-44(60)49-6/h8-17,26-29,32,34-35H,18-25,30-31H2,1-7H3,(H,49,60)(H,51,53,54)/b50-47-,52-28+/t34-/m0/s1. The zero-order valence-corrected chi connectivity index (χ0v) is 36.3. The van der Waals surface area contributed by atoms with Crippen LogP contribution in [0.4, 0.5) is 17.1 Å². The van der Waals surface area contributed by atoms with Crippen molar-refractivity contribution >= 4 is 52.5 Å². The highest BCUT2D eigenvalue weighted by Gasteiger charge is 2.25. The lowest BCUT2D eigenvalue weighted by Gasteiger charge is -2.40. The van der Waals surface area contributed by atoms with Crippen molar-refractivity contribution in [3.05, 3.63) is 90.1 Å². The van der Waals surface area contributed by atoms with Gasteiger partial charge in [-0.2, -0.15) is 5.10 Å². The molecule has 12 heteroatoms. The van der Waals surface area contributed by atoms with Crippen LogP contribution >= 0.6 is 0 Å². The summed E-state index contributed by atoms with van der Waals surface area (Å²) in [5.41, 5.74) is 10.4. The maximum Gasteiger partial charge on any atom is 0.239 e. The van der Waals surface area contributed by atoms with E-state index in [1.807, 2.05) is 24.5 Å². The third kappa shape index (κ3) is 9.76. The third-order valence-electron chi connectivity index (χ3n) is 12.1. The number of aryl methyl sites for hydroxylation is 1. The van der Waals surface area contributed by atoms with Gasteiger partial charge in [0.25, 0.3) is 0 Å². The summed E-state index contributed by atoms with van der Waals surface area (Å²) in [4.78, 5) is 46.2. The summed E-state index contributed by atoms with van der Waals surface area (Å²) in [6.45, 7) is 18.1. The molecule has 12 nitrogen and oxygen atoms in total. The van der Waals surface area contributed by atoms with Gasteiger partial charge in [0.15, 0.2) is 5.65 Å². The summed E-state index contributed by atoms with van der Waals surface area (Å²) < 4.78 is 0. The summed E-state index contributed by atoms with van der Waals surface area (Å²) in [7, 11) is 3.38. The molecule has 7 rings (SSSR count). The second kappa shape index (κ2) is 18.6. The van der Waals surface area contributed by atoms with Gasteiger partial charge in [0.05, 0.1) is 0 Å². The fourth-order valence-corrected chi connectivity index (χ4v) is 8.54. The van der Waals surface area contributed by atoms with Crippen LogP contribution in [0.2, 0.25) is 0 Å². The van der Waals surface area contributed by atoms with Crippen LogP contribution in [0.25, 0.3) is 33.4 Å². The monoisotopic (exact) mass is 808 g/mol. The van der Waals surface area contributed by atoms with Gasteiger partial charge >= 0.3 is 0 Å². The Hall–Kier alpha value is -5.88. The van der Waals surface area contributed by atoms with E-state index in [9.17, 15) is 9.59 Å². The number of nitrogens with one attached hydrogen (secondary N) is 2. The van der Waals surface area contributed by atoms with Crippen molar-refractivity contribution in [3.8, 4) is 22.4 Å². The average Bonchev–Trinajstić information content (AvgIpc) is 3.69. The van der Waals surface area contributed by atoms with Crippen molar-refractivity contribution in [2.45, 2.75) is 53.4 Å². The Morgan fingerprint density at radius 3 is 2.18 bits per heavy atom. The van der Waals surface area contributed by atoms with Crippen LogP contribution in [0.3, 0.4) is 0 Å². The zero-order valence-electron chi connectivity index (χ0n) is 36.3. The van der Waals surface area contributed by atoms with Gasteiger partial charge in [-0.25, -0.2) is 9.98 Å². The van der Waals surface area contributed by atoms with Gasteiger partial charge in [-0.15, -0.1) is 0 Å². The van der Waals surface area contributed by atoms with Crippen LogP contribution in [0, 0.1) is 18.3 Å². The number of amidine groups is 1. The normalized spacial score (nSPS) is 16.4. The number of nitrogens with zero attached hydrogens (tertiary/aromatic N) is 8. The summed E-state index contributed by atoms with van der Waals surface area (Å²) in [6, 6.07) is 25.6. The molecule has 60 heavy (non-hydrogen) atoms. The molecule has 314 valence electrons. The molecule has 4 heterocycles. The maximum atomic E-state index is 11.8. The molecule has 1 atom stereocenters. The second-order valence-corrected chi connectivity index (χ2v) is 17.3. The minimum absolute atomic E-state index is 0.0123. The molecule has 2 saturated heterocycles. The molecule has 2 aromatic heterocycles. The molecule has 2 aliphatic heterocycles. The summed E-state index contributed by atoms with van der Waals surface area (Å²) >= 11 is 0. The van der Waals surface area contributed by atoms with Crippen LogP contribution in [0.5, 0.6) is 0 Å². The van der Waals surface area contributed by atoms with Crippen molar-refractivity contribution in [2.24, 2.45) is 21.3 Å². The number of pyridine rings is 1. The van der Waals surface area contributed by atoms with Gasteiger partial charge in [0, 0.05) is 117 Å². The maximum absolute atomic E-state index is 11.8. The van der Waals surface area contributed by atoms with Gasteiger partial charge < -0.3 is 20.0 Å². The highest BCUT2D eigenvalue weighted by molar-refractivity contribution is 5.95. The van der Waals surface area contributed by atoms with Gasteiger partial charge in [0.1, 0.15) is 18.1 Å². The van der Waals surface area contributed by atoms with Crippen molar-refractivity contribution in [3.63, 3.8) is 0 Å². The molecule has 0 radical (unpaired) electrons. The lowest BCUT2D eigenvalue weighted by Crippen LogP contribution is -2.49. The molecule has 2 amide bonds. The SMILES string of the molecule is C/N=C(\N=C\[C@H](C)c1ccc(-c2n[nH]c3ncc(-c4ccc(N5CCN(CC6CCN(c7ccc(N(C=O)CC(=O)NC)cc7)CC6)CC5)cc4)cc23)cc1C)C(C)(C)C. The predicted octanol–water partition coefficient (Wildman–Crippen LogP) is 7.60. The first-order valence-corrected chi connectivity index (χ1v) is 21.3. The number of carbonyl (C=O) groups is 2. The highest BCUT2D eigenvalue weighted by Crippen LogP contribution is 2.33. The van der Waals surface area contributed by atoms with E-state index >= 15 is 0 Å². The van der Waals surface area contributed by atoms with Gasteiger partial charge in [0.2, 0.25) is 12.3 Å². The molecular weight excluding hydrogens is 749 g/mol. The summed E-state index contributed by atoms with van der Waals surface area (Å²) in [5, 5.41) is 11.4. The molecule has 0 aliphatic carbocycles. The lowest BCUT2D eigenvalue weighted by atomic mass is 9.93. The van der Waals surface area contributed by atoms with E-state index in [0.29, 0.717) is 12.3 Å². The Labute approximate surface area is 354 Å². The number of H-pyrrole nitrogens is 1. The fraction of sp³-hybridized carbons (Fsp3) is 0.417. The van der Waals surface area contributed by atoms with Crippen LogP contribution in [0.1, 0.15) is 57.6 Å². The van der Waals surface area contributed by atoms with Gasteiger partial charge in [-0.3, -0.25) is 24.6 Å². The van der Waals surface area contributed by atoms with E-state index in [2.05, 4.69) is 125 Å². The minimum atomic E-state index is -0.198. The number of hydrogen-bond acceptors (Lipinski definition) is 8. The van der Waals surface area contributed by atoms with Crippen LogP contribution in [0.15, 0.2) is 89.0 Å². The Kier molecular flexibility index (Phi) is 13.1. The second-order valence-electron chi connectivity index (χ2n) is 17.3. The van der Waals surface area contributed by atoms with E-state index < -0.39 is 0 Å². The number of anilines is 3. The van der Waals surface area contributed by atoms with E-state index in [1.165, 1.54) is 21.7 Å². The number of fused-ring (bicyclic) bond motifs is 1. The van der Waals surface area contributed by atoms with Crippen LogP contribution in [-0.4, -0.2) is 111 Å². The summed E-state index contributed by atoms with van der Waals surface area (Å²) in [5.74, 6) is 1.48. The Morgan fingerprint density at radius 1 is 0.917 bits per heavy atom. The molecule has 5 aromatic rings. The number of aliphatic imine (C=N–C) groups is 2. The van der Waals surface area contributed by atoms with Crippen molar-refractivity contribution < 1.29 is 9.59 Å². The largest absolute Gasteiger partial charge is 0.372 e. The van der Waals surface area contributed by atoms with Gasteiger partial charge in [-0.05, 0) is 90.9 Å². The molecule has 2 N–H and O–H groups in total. The smallest absolute Gasteiger partial charge is 0.239 e. The van der Waals surface area contributed by atoms with Gasteiger partial charge in [-0.1, -0.05) is 52.0 Å². The average molecular weight is 809 g/mol. The van der Waals surface area contributed by atoms with E-state index in [0.717, 1.165) is 109 Å². The number of piperidine rings is 1. The molecular formula is C48H60N10O2. The number of rotatable bonds is 12. The first-order chi connectivity index (χ1) is 28.9. The number of carbonyl (C=O) groups excluding carboxylic acids is 2. The Balaban J connectivity index is 0.913. The Bertz CT molecular complexity index is 2310. The van der Waals surface area contributed by atoms with E-state index in [1.54, 1.807) is 14.1 Å². The number of piperazine rings is 1. The quantitative estimate of drug-likeness (QED) is 0.0756. The lowest BCUT2D eigenvalue weighted by molar-refractivity contribution is -0.120. The minimum Gasteiger partial charge on any atom is -0.372 e. The van der Waals surface area contributed by atoms with Crippen LogP contribution < -0.4 is 20.0 Å². The van der Waals surface area contributed by atoms with Crippen LogP contribution in [-0.2, 0) is 9.59 Å². The van der Waals surface area contributed by atoms with Crippen molar-refractivity contribution in [1.29, 1.82) is 0 Å². The first-order valence-electron chi connectivity index (χ1n) is 21.3. The molecule has 2 fully saturated rings. The summed E-state index contributed by atoms with van der Waals surface area (Å²) in [6.07, 6.45) is 6.96. The molecule has 2 aliphatic rings. The number of amides is 2. The fourth-order valence-electron chi connectivity index (χ4n) is 8.54. The third-order valence-corrected chi connectivity index (χ3v) is 12.1. The van der Waals surface area contributed by atoms with E-state index in [4.69, 9.17) is 15.1 Å². The predicted molar refractivity (Wildman–Crippen MR) is 247 cm³/mol. The number of aromatic nitrogens is 3. The number of benzene rings is 3. The molecule has 0 unspecified atom stereocenters.